The number of fused-ring (bicyclic) bond motifs is 2. The van der Waals surface area contributed by atoms with Gasteiger partial charge in [0.1, 0.15) is 0 Å². The number of hydrogen-bond acceptors (Lipinski definition) is 1. The molecule has 0 aromatic heterocycles. The first-order valence-electron chi connectivity index (χ1n) is 11.1. The molecular weight excluding hydrogens is 385 g/mol. The predicted octanol–water partition coefficient (Wildman–Crippen LogP) is 7.99. The molecule has 0 radical (unpaired) electrons. The van der Waals surface area contributed by atoms with Crippen molar-refractivity contribution >= 4 is 0 Å². The topological polar surface area (TPSA) is 9.23 Å². The van der Waals surface area contributed by atoms with Crippen molar-refractivity contribution in [2.45, 2.75) is 70.6 Å². The number of rotatable bonds is 6. The SMILES string of the molecule is C=CCCc1ccc2c(c1F)Oc1c(cc(C3CCC(CCC)CC3)c(F)c1F)C2. The number of halogens is 3. The summed E-state index contributed by atoms with van der Waals surface area (Å²) in [5, 5.41) is 0. The van der Waals surface area contributed by atoms with E-state index in [0.717, 1.165) is 25.7 Å². The molecule has 1 nitrogen and oxygen atoms in total. The van der Waals surface area contributed by atoms with Crippen LogP contribution in [-0.2, 0) is 12.8 Å². The van der Waals surface area contributed by atoms with Crippen LogP contribution < -0.4 is 4.74 Å². The number of ether oxygens (including phenoxy) is 1. The maximum absolute atomic E-state index is 15.0. The minimum absolute atomic E-state index is 0.0233. The number of aryl methyl sites for hydroxylation is 1. The average Bonchev–Trinajstić information content (AvgIpc) is 2.76. The Morgan fingerprint density at radius 3 is 2.43 bits per heavy atom. The molecule has 0 unspecified atom stereocenters. The number of benzene rings is 2. The second-order valence-corrected chi connectivity index (χ2v) is 8.72. The van der Waals surface area contributed by atoms with E-state index < -0.39 is 17.5 Å². The summed E-state index contributed by atoms with van der Waals surface area (Å²) in [5.74, 6) is -1.71. The van der Waals surface area contributed by atoms with Crippen LogP contribution >= 0.6 is 0 Å². The van der Waals surface area contributed by atoms with E-state index in [0.29, 0.717) is 47.4 Å². The van der Waals surface area contributed by atoms with Gasteiger partial charge in [0.05, 0.1) is 0 Å². The molecule has 1 aliphatic carbocycles. The summed E-state index contributed by atoms with van der Waals surface area (Å²) in [6.07, 6.45) is 9.48. The molecule has 4 rings (SSSR count). The van der Waals surface area contributed by atoms with Gasteiger partial charge < -0.3 is 4.74 Å². The van der Waals surface area contributed by atoms with Gasteiger partial charge in [-0.3, -0.25) is 0 Å². The Morgan fingerprint density at radius 1 is 1.00 bits per heavy atom. The van der Waals surface area contributed by atoms with Crippen LogP contribution in [-0.4, -0.2) is 0 Å². The monoisotopic (exact) mass is 414 g/mol. The molecule has 0 N–H and O–H groups in total. The summed E-state index contributed by atoms with van der Waals surface area (Å²) >= 11 is 0. The molecule has 2 aromatic rings. The fourth-order valence-corrected chi connectivity index (χ4v) is 5.04. The lowest BCUT2D eigenvalue weighted by atomic mass is 9.76. The van der Waals surface area contributed by atoms with Gasteiger partial charge in [-0.15, -0.1) is 6.58 Å². The van der Waals surface area contributed by atoms with Crippen molar-refractivity contribution in [2.75, 3.05) is 0 Å². The summed E-state index contributed by atoms with van der Waals surface area (Å²) in [4.78, 5) is 0. The zero-order valence-electron chi connectivity index (χ0n) is 17.6. The molecular formula is C26H29F3O. The van der Waals surface area contributed by atoms with Gasteiger partial charge in [-0.2, -0.15) is 4.39 Å². The molecule has 1 heterocycles. The van der Waals surface area contributed by atoms with Crippen molar-refractivity contribution in [2.24, 2.45) is 5.92 Å². The van der Waals surface area contributed by atoms with E-state index in [4.69, 9.17) is 4.74 Å². The lowest BCUT2D eigenvalue weighted by Gasteiger charge is -2.30. The molecule has 1 saturated carbocycles. The lowest BCUT2D eigenvalue weighted by Crippen LogP contribution is -2.16. The molecule has 0 spiro atoms. The molecule has 1 fully saturated rings. The van der Waals surface area contributed by atoms with E-state index in [9.17, 15) is 13.2 Å². The Hall–Kier alpha value is -2.23. The normalized spacial score (nSPS) is 20.3. The molecule has 160 valence electrons. The highest BCUT2D eigenvalue weighted by Crippen LogP contribution is 2.45. The first kappa shape index (κ1) is 21.0. The zero-order chi connectivity index (χ0) is 21.3. The summed E-state index contributed by atoms with van der Waals surface area (Å²) < 4.78 is 50.5. The number of allylic oxidation sites excluding steroid dienone is 1. The maximum atomic E-state index is 15.0. The highest BCUT2D eigenvalue weighted by atomic mass is 19.2. The molecule has 4 heteroatoms. The Morgan fingerprint density at radius 2 is 1.73 bits per heavy atom. The minimum Gasteiger partial charge on any atom is -0.450 e. The van der Waals surface area contributed by atoms with E-state index in [-0.39, 0.29) is 17.4 Å². The fourth-order valence-electron chi connectivity index (χ4n) is 5.04. The highest BCUT2D eigenvalue weighted by Gasteiger charge is 2.31. The molecule has 30 heavy (non-hydrogen) atoms. The molecule has 1 aliphatic heterocycles. The highest BCUT2D eigenvalue weighted by molar-refractivity contribution is 5.54. The van der Waals surface area contributed by atoms with E-state index in [2.05, 4.69) is 13.5 Å². The van der Waals surface area contributed by atoms with Gasteiger partial charge in [0.2, 0.25) is 5.82 Å². The third-order valence-corrected chi connectivity index (χ3v) is 6.71. The van der Waals surface area contributed by atoms with Gasteiger partial charge in [0, 0.05) is 17.5 Å². The molecule has 0 bridgehead atoms. The van der Waals surface area contributed by atoms with Crippen molar-refractivity contribution in [3.8, 4) is 11.5 Å². The van der Waals surface area contributed by atoms with Gasteiger partial charge in [0.15, 0.2) is 23.1 Å². The van der Waals surface area contributed by atoms with Crippen LogP contribution in [0.25, 0.3) is 0 Å². The maximum Gasteiger partial charge on any atom is 0.201 e. The summed E-state index contributed by atoms with van der Waals surface area (Å²) in [7, 11) is 0. The zero-order valence-corrected chi connectivity index (χ0v) is 17.6. The molecule has 2 aromatic carbocycles. The second-order valence-electron chi connectivity index (χ2n) is 8.72. The largest absolute Gasteiger partial charge is 0.450 e. The van der Waals surface area contributed by atoms with Crippen molar-refractivity contribution in [3.63, 3.8) is 0 Å². The quantitative estimate of drug-likeness (QED) is 0.371. The van der Waals surface area contributed by atoms with Gasteiger partial charge in [-0.1, -0.05) is 38.0 Å². The Bertz CT molecular complexity index is 942. The van der Waals surface area contributed by atoms with Crippen LogP contribution in [0.5, 0.6) is 11.5 Å². The first-order valence-corrected chi connectivity index (χ1v) is 11.1. The van der Waals surface area contributed by atoms with Crippen LogP contribution in [0.15, 0.2) is 30.9 Å². The van der Waals surface area contributed by atoms with Crippen molar-refractivity contribution in [1.82, 2.24) is 0 Å². The van der Waals surface area contributed by atoms with Gasteiger partial charge in [-0.05, 0) is 67.6 Å². The summed E-state index contributed by atoms with van der Waals surface area (Å²) in [6.45, 7) is 5.85. The van der Waals surface area contributed by atoms with Crippen molar-refractivity contribution in [3.05, 3.63) is 70.6 Å². The van der Waals surface area contributed by atoms with Crippen molar-refractivity contribution in [1.29, 1.82) is 0 Å². The molecule has 0 amide bonds. The predicted molar refractivity (Wildman–Crippen MR) is 114 cm³/mol. The molecule has 0 atom stereocenters. The standard InChI is InChI=1S/C26H29F3O/c1-3-5-7-18-12-13-19-14-20-15-21(17-10-8-16(6-4-2)9-11-17)23(28)24(29)26(20)30-25(19)22(18)27/h3,12-13,15-17H,1,4-11,14H2,2H3. The Kier molecular flexibility index (Phi) is 6.21. The van der Waals surface area contributed by atoms with Gasteiger partial charge >= 0.3 is 0 Å². The first-order chi connectivity index (χ1) is 14.5. The van der Waals surface area contributed by atoms with Crippen LogP contribution in [0.3, 0.4) is 0 Å². The van der Waals surface area contributed by atoms with Crippen LogP contribution in [0.2, 0.25) is 0 Å². The van der Waals surface area contributed by atoms with E-state index >= 15 is 0 Å². The average molecular weight is 415 g/mol. The van der Waals surface area contributed by atoms with Gasteiger partial charge in [-0.25, -0.2) is 8.78 Å². The third-order valence-electron chi connectivity index (χ3n) is 6.71. The lowest BCUT2D eigenvalue weighted by molar-refractivity contribution is 0.301. The molecule has 2 aliphatic rings. The van der Waals surface area contributed by atoms with E-state index in [1.165, 1.54) is 12.8 Å². The Balaban J connectivity index is 1.62. The van der Waals surface area contributed by atoms with Crippen LogP contribution in [0, 0.1) is 23.4 Å². The van der Waals surface area contributed by atoms with E-state index in [1.54, 1.807) is 18.2 Å². The molecule has 0 saturated heterocycles. The van der Waals surface area contributed by atoms with Crippen molar-refractivity contribution < 1.29 is 17.9 Å². The van der Waals surface area contributed by atoms with Crippen LogP contribution in [0.1, 0.15) is 80.0 Å². The fraction of sp³-hybridized carbons (Fsp3) is 0.462. The van der Waals surface area contributed by atoms with Crippen LogP contribution in [0.4, 0.5) is 13.2 Å². The van der Waals surface area contributed by atoms with E-state index in [1.807, 2.05) is 6.07 Å². The third kappa shape index (κ3) is 3.89. The minimum atomic E-state index is -0.986. The summed E-state index contributed by atoms with van der Waals surface area (Å²) in [6, 6.07) is 5.34. The van der Waals surface area contributed by atoms with Gasteiger partial charge in [0.25, 0.3) is 0 Å². The Labute approximate surface area is 177 Å². The second kappa shape index (κ2) is 8.87. The summed E-state index contributed by atoms with van der Waals surface area (Å²) in [5.41, 5.74) is 2.23. The smallest absolute Gasteiger partial charge is 0.201 e. The number of hydrogen-bond donors (Lipinski definition) is 0.